The molecular weight excluding hydrogens is 417 g/mol. The van der Waals surface area contributed by atoms with Gasteiger partial charge in [-0.3, -0.25) is 10.1 Å². The number of aromatic nitrogens is 3. The topological polar surface area (TPSA) is 113 Å². The number of ether oxygens (including phenoxy) is 3. The minimum atomic E-state index is -4.43. The van der Waals surface area contributed by atoms with Gasteiger partial charge in [0.1, 0.15) is 5.03 Å². The molecule has 156 valence electrons. The summed E-state index contributed by atoms with van der Waals surface area (Å²) in [7, 11) is 2.72. The number of anilines is 1. The molecule has 0 unspecified atom stereocenters. The fourth-order valence-electron chi connectivity index (χ4n) is 1.85. The first-order valence-corrected chi connectivity index (χ1v) is 8.79. The second-order valence-electron chi connectivity index (χ2n) is 5.16. The van der Waals surface area contributed by atoms with Gasteiger partial charge in [-0.2, -0.15) is 23.1 Å². The van der Waals surface area contributed by atoms with Gasteiger partial charge >= 0.3 is 12.1 Å². The van der Waals surface area contributed by atoms with Gasteiger partial charge < -0.3 is 14.2 Å². The Morgan fingerprint density at radius 2 is 1.83 bits per heavy atom. The predicted octanol–water partition coefficient (Wildman–Crippen LogP) is 2.34. The minimum absolute atomic E-state index is 0.130. The zero-order valence-electron chi connectivity index (χ0n) is 15.1. The molecular formula is C16H15F3N4O5S. The quantitative estimate of drug-likeness (QED) is 0.496. The van der Waals surface area contributed by atoms with Gasteiger partial charge in [-0.05, 0) is 12.1 Å². The average molecular weight is 432 g/mol. The van der Waals surface area contributed by atoms with Crippen molar-refractivity contribution in [1.82, 2.24) is 15.0 Å². The van der Waals surface area contributed by atoms with Crippen molar-refractivity contribution in [1.29, 1.82) is 0 Å². The van der Waals surface area contributed by atoms with Crippen LogP contribution < -0.4 is 14.8 Å². The van der Waals surface area contributed by atoms with Crippen LogP contribution >= 0.6 is 11.8 Å². The molecule has 2 aromatic heterocycles. The maximum atomic E-state index is 12.4. The molecule has 0 aliphatic heterocycles. The lowest BCUT2D eigenvalue weighted by molar-refractivity contribution is -0.119. The first kappa shape index (κ1) is 22.2. The molecule has 29 heavy (non-hydrogen) atoms. The summed E-state index contributed by atoms with van der Waals surface area (Å²) in [6.07, 6.45) is -3.18. The number of amides is 1. The normalized spacial score (nSPS) is 10.9. The van der Waals surface area contributed by atoms with Crippen molar-refractivity contribution in [3.63, 3.8) is 0 Å². The summed E-state index contributed by atoms with van der Waals surface area (Å²) < 4.78 is 51.9. The third-order valence-corrected chi connectivity index (χ3v) is 4.12. The summed E-state index contributed by atoms with van der Waals surface area (Å²) >= 11 is 0.342. The highest BCUT2D eigenvalue weighted by Gasteiger charge is 2.29. The van der Waals surface area contributed by atoms with E-state index in [1.165, 1.54) is 38.6 Å². The first-order valence-electron chi connectivity index (χ1n) is 7.80. The van der Waals surface area contributed by atoms with Crippen molar-refractivity contribution < 1.29 is 37.0 Å². The second-order valence-corrected chi connectivity index (χ2v) is 6.12. The summed E-state index contributed by atoms with van der Waals surface area (Å²) in [4.78, 5) is 35.6. The molecule has 2 rings (SSSR count). The molecule has 0 saturated carbocycles. The molecule has 0 atom stereocenters. The fourth-order valence-corrected chi connectivity index (χ4v) is 2.59. The SMILES string of the molecule is COc1cc(OC)nc(NC(=O)COC(=O)c2cccnc2SCC(F)(F)F)n1. The zero-order valence-corrected chi connectivity index (χ0v) is 16.0. The van der Waals surface area contributed by atoms with Crippen LogP contribution in [0.5, 0.6) is 11.8 Å². The van der Waals surface area contributed by atoms with Gasteiger partial charge in [-0.15, -0.1) is 0 Å². The molecule has 0 saturated heterocycles. The van der Waals surface area contributed by atoms with E-state index in [9.17, 15) is 22.8 Å². The van der Waals surface area contributed by atoms with Crippen LogP contribution in [0, 0.1) is 0 Å². The number of alkyl halides is 3. The molecule has 2 heterocycles. The summed E-state index contributed by atoms with van der Waals surface area (Å²) in [5.41, 5.74) is -0.186. The maximum absolute atomic E-state index is 12.4. The molecule has 2 aromatic rings. The van der Waals surface area contributed by atoms with E-state index in [-0.39, 0.29) is 28.3 Å². The molecule has 0 bridgehead atoms. The fraction of sp³-hybridized carbons (Fsp3) is 0.312. The van der Waals surface area contributed by atoms with E-state index in [2.05, 4.69) is 20.3 Å². The molecule has 1 amide bonds. The van der Waals surface area contributed by atoms with Gasteiger partial charge in [0.25, 0.3) is 5.91 Å². The zero-order chi connectivity index (χ0) is 21.4. The van der Waals surface area contributed by atoms with Crippen molar-refractivity contribution in [2.45, 2.75) is 11.2 Å². The highest BCUT2D eigenvalue weighted by Crippen LogP contribution is 2.28. The van der Waals surface area contributed by atoms with Crippen LogP contribution in [0.3, 0.4) is 0 Å². The van der Waals surface area contributed by atoms with Crippen molar-refractivity contribution in [3.8, 4) is 11.8 Å². The number of esters is 1. The molecule has 0 aromatic carbocycles. The molecule has 1 N–H and O–H groups in total. The first-order chi connectivity index (χ1) is 13.7. The number of methoxy groups -OCH3 is 2. The van der Waals surface area contributed by atoms with Crippen LogP contribution in [-0.4, -0.2) is 59.6 Å². The minimum Gasteiger partial charge on any atom is -0.481 e. The lowest BCUT2D eigenvalue weighted by Gasteiger charge is -2.10. The van der Waals surface area contributed by atoms with Gasteiger partial charge in [0, 0.05) is 6.20 Å². The van der Waals surface area contributed by atoms with Gasteiger partial charge in [-0.1, -0.05) is 11.8 Å². The van der Waals surface area contributed by atoms with E-state index in [1.54, 1.807) is 0 Å². The summed E-state index contributed by atoms with van der Waals surface area (Å²) in [5.74, 6) is -2.88. The Labute approximate surface area is 167 Å². The van der Waals surface area contributed by atoms with Crippen LogP contribution in [0.25, 0.3) is 0 Å². The second kappa shape index (κ2) is 9.91. The number of halogens is 3. The van der Waals surface area contributed by atoms with E-state index >= 15 is 0 Å². The van der Waals surface area contributed by atoms with Crippen LogP contribution in [-0.2, 0) is 9.53 Å². The number of nitrogens with zero attached hydrogens (tertiary/aromatic N) is 3. The Bertz CT molecular complexity index is 860. The van der Waals surface area contributed by atoms with E-state index in [0.29, 0.717) is 11.8 Å². The Kier molecular flexibility index (Phi) is 7.59. The number of pyridine rings is 1. The smallest absolute Gasteiger partial charge is 0.398 e. The average Bonchev–Trinajstić information content (AvgIpc) is 2.69. The number of rotatable bonds is 8. The van der Waals surface area contributed by atoms with Crippen molar-refractivity contribution in [2.24, 2.45) is 0 Å². The molecule has 9 nitrogen and oxygen atoms in total. The summed E-state index contributed by atoms with van der Waals surface area (Å²) in [6.45, 7) is -0.722. The molecule has 0 aliphatic carbocycles. The Morgan fingerprint density at radius 1 is 1.17 bits per heavy atom. The van der Waals surface area contributed by atoms with Gasteiger partial charge in [0.15, 0.2) is 6.61 Å². The molecule has 0 radical (unpaired) electrons. The molecule has 0 spiro atoms. The summed E-state index contributed by atoms with van der Waals surface area (Å²) in [6, 6.07) is 4.00. The predicted molar refractivity (Wildman–Crippen MR) is 95.1 cm³/mol. The third-order valence-electron chi connectivity index (χ3n) is 3.05. The number of nitrogens with one attached hydrogen (secondary N) is 1. The number of hydrogen-bond acceptors (Lipinski definition) is 9. The van der Waals surface area contributed by atoms with E-state index in [4.69, 9.17) is 14.2 Å². The lowest BCUT2D eigenvalue weighted by Crippen LogP contribution is -2.22. The highest BCUT2D eigenvalue weighted by atomic mass is 32.2. The Hall–Kier alpha value is -3.09. The monoisotopic (exact) mass is 432 g/mol. The van der Waals surface area contributed by atoms with Crippen molar-refractivity contribution >= 4 is 29.6 Å². The van der Waals surface area contributed by atoms with E-state index in [1.807, 2.05) is 0 Å². The van der Waals surface area contributed by atoms with Crippen LogP contribution in [0.4, 0.5) is 19.1 Å². The van der Waals surface area contributed by atoms with E-state index in [0.717, 1.165) is 0 Å². The number of carbonyl (C=O) groups is 2. The van der Waals surface area contributed by atoms with Crippen LogP contribution in [0.1, 0.15) is 10.4 Å². The van der Waals surface area contributed by atoms with Crippen molar-refractivity contribution in [2.75, 3.05) is 31.9 Å². The largest absolute Gasteiger partial charge is 0.481 e. The highest BCUT2D eigenvalue weighted by molar-refractivity contribution is 7.99. The Morgan fingerprint density at radius 3 is 2.41 bits per heavy atom. The molecule has 13 heteroatoms. The van der Waals surface area contributed by atoms with Gasteiger partial charge in [0.2, 0.25) is 17.7 Å². The standard InChI is InChI=1S/C16H15F3N4O5S/c1-26-11-6-12(27-2)23-15(22-11)21-10(24)7-28-14(25)9-4-3-5-20-13(9)29-8-16(17,18)19/h3-6H,7-8H2,1-2H3,(H,21,22,23,24). The Balaban J connectivity index is 1.98. The van der Waals surface area contributed by atoms with Crippen LogP contribution in [0.2, 0.25) is 0 Å². The number of hydrogen-bond donors (Lipinski definition) is 1. The van der Waals surface area contributed by atoms with E-state index < -0.39 is 30.4 Å². The maximum Gasteiger partial charge on any atom is 0.398 e. The van der Waals surface area contributed by atoms with Gasteiger partial charge in [0.05, 0.1) is 31.6 Å². The van der Waals surface area contributed by atoms with Gasteiger partial charge in [-0.25, -0.2) is 9.78 Å². The van der Waals surface area contributed by atoms with Crippen molar-refractivity contribution in [3.05, 3.63) is 30.0 Å². The number of thioether (sulfide) groups is 1. The molecule has 0 aliphatic rings. The lowest BCUT2D eigenvalue weighted by atomic mass is 10.3. The third kappa shape index (κ3) is 7.10. The van der Waals surface area contributed by atoms with Crippen LogP contribution in [0.15, 0.2) is 29.4 Å². The molecule has 0 fully saturated rings. The number of carbonyl (C=O) groups excluding carboxylic acids is 2. The summed E-state index contributed by atoms with van der Waals surface area (Å²) in [5, 5.41) is 2.13.